The number of carbonyl (C=O) groups excluding carboxylic acids is 1. The fraction of sp³-hybridized carbons (Fsp3) is 0.545. The molecule has 1 amide bonds. The number of nitrogens with zero attached hydrogens (tertiary/aromatic N) is 3. The predicted octanol–water partition coefficient (Wildman–Crippen LogP) is 1.86. The topological polar surface area (TPSA) is 46.1 Å². The van der Waals surface area contributed by atoms with E-state index in [0.29, 0.717) is 11.6 Å². The summed E-state index contributed by atoms with van der Waals surface area (Å²) < 4.78 is 0. The molecule has 1 aliphatic carbocycles. The average Bonchev–Trinajstić information content (AvgIpc) is 2.93. The van der Waals surface area contributed by atoms with Crippen LogP contribution < -0.4 is 0 Å². The van der Waals surface area contributed by atoms with Gasteiger partial charge >= 0.3 is 0 Å². The van der Waals surface area contributed by atoms with Gasteiger partial charge in [0.05, 0.1) is 12.4 Å². The highest BCUT2D eigenvalue weighted by molar-refractivity contribution is 6.29. The first-order valence-electron chi connectivity index (χ1n) is 5.31. The van der Waals surface area contributed by atoms with Crippen molar-refractivity contribution < 1.29 is 4.79 Å². The molecule has 2 rings (SSSR count). The van der Waals surface area contributed by atoms with E-state index in [0.717, 1.165) is 12.5 Å². The molecule has 0 spiro atoms. The Morgan fingerprint density at radius 2 is 2.31 bits per heavy atom. The summed E-state index contributed by atoms with van der Waals surface area (Å²) in [5.74, 6) is 1.26. The molecule has 1 saturated carbocycles. The Hall–Kier alpha value is -1.16. The lowest BCUT2D eigenvalue weighted by atomic mass is 10.3. The zero-order valence-corrected chi connectivity index (χ0v) is 10.1. The van der Waals surface area contributed by atoms with Crippen LogP contribution in [0.3, 0.4) is 0 Å². The predicted molar refractivity (Wildman–Crippen MR) is 61.3 cm³/mol. The van der Waals surface area contributed by atoms with Crippen LogP contribution in [0, 0.1) is 11.8 Å². The lowest BCUT2D eigenvalue weighted by molar-refractivity contribution is 0.0781. The van der Waals surface area contributed by atoms with Crippen LogP contribution in [0.15, 0.2) is 12.4 Å². The van der Waals surface area contributed by atoms with Crippen molar-refractivity contribution in [3.63, 3.8) is 0 Å². The molecule has 1 aromatic rings. The van der Waals surface area contributed by atoms with Crippen molar-refractivity contribution in [1.29, 1.82) is 0 Å². The van der Waals surface area contributed by atoms with Crippen molar-refractivity contribution in [2.45, 2.75) is 13.3 Å². The molecule has 0 aliphatic heterocycles. The summed E-state index contributed by atoms with van der Waals surface area (Å²) in [6.45, 7) is 2.98. The van der Waals surface area contributed by atoms with Crippen molar-refractivity contribution in [3.05, 3.63) is 23.2 Å². The Balaban J connectivity index is 2.01. The summed E-state index contributed by atoms with van der Waals surface area (Å²) in [5.41, 5.74) is 0.309. The van der Waals surface area contributed by atoms with Crippen LogP contribution in [-0.4, -0.2) is 34.4 Å². The standard InChI is InChI=1S/C11H14ClN3O/c1-7-3-8(7)6-15(2)11(16)9-4-13-5-10(12)14-9/h4-5,7-8H,3,6H2,1-2H3. The van der Waals surface area contributed by atoms with Gasteiger partial charge in [0.15, 0.2) is 0 Å². The van der Waals surface area contributed by atoms with Crippen molar-refractivity contribution >= 4 is 17.5 Å². The molecule has 1 aromatic heterocycles. The summed E-state index contributed by atoms with van der Waals surface area (Å²) in [7, 11) is 1.79. The highest BCUT2D eigenvalue weighted by atomic mass is 35.5. The molecule has 2 atom stereocenters. The molecule has 0 aromatic carbocycles. The smallest absolute Gasteiger partial charge is 0.273 e. The second kappa shape index (κ2) is 4.37. The fourth-order valence-electron chi connectivity index (χ4n) is 1.73. The van der Waals surface area contributed by atoms with Crippen LogP contribution in [-0.2, 0) is 0 Å². The SMILES string of the molecule is CC1CC1CN(C)C(=O)c1cncc(Cl)n1. The summed E-state index contributed by atoms with van der Waals surface area (Å²) in [5, 5.41) is 0.249. The third-order valence-electron chi connectivity index (χ3n) is 2.96. The minimum absolute atomic E-state index is 0.117. The van der Waals surface area contributed by atoms with Gasteiger partial charge in [-0.3, -0.25) is 9.78 Å². The van der Waals surface area contributed by atoms with Gasteiger partial charge in [-0.05, 0) is 18.3 Å². The number of halogens is 1. The van der Waals surface area contributed by atoms with Crippen molar-refractivity contribution in [2.75, 3.05) is 13.6 Å². The monoisotopic (exact) mass is 239 g/mol. The Labute approximate surface area is 99.6 Å². The molecule has 0 radical (unpaired) electrons. The third kappa shape index (κ3) is 2.50. The molecule has 4 nitrogen and oxygen atoms in total. The van der Waals surface area contributed by atoms with Crippen LogP contribution >= 0.6 is 11.6 Å². The first-order chi connectivity index (χ1) is 7.58. The maximum Gasteiger partial charge on any atom is 0.273 e. The maximum absolute atomic E-state index is 11.9. The molecule has 5 heteroatoms. The van der Waals surface area contributed by atoms with Gasteiger partial charge in [-0.15, -0.1) is 0 Å². The van der Waals surface area contributed by atoms with Gasteiger partial charge in [-0.1, -0.05) is 18.5 Å². The number of hydrogen-bond donors (Lipinski definition) is 0. The summed E-state index contributed by atoms with van der Waals surface area (Å²) in [6, 6.07) is 0. The normalized spacial score (nSPS) is 22.9. The third-order valence-corrected chi connectivity index (χ3v) is 3.14. The first kappa shape index (κ1) is 11.3. The Morgan fingerprint density at radius 3 is 2.88 bits per heavy atom. The van der Waals surface area contributed by atoms with Crippen LogP contribution in [0.1, 0.15) is 23.8 Å². The molecule has 1 fully saturated rings. The minimum Gasteiger partial charge on any atom is -0.340 e. The Bertz CT molecular complexity index is 410. The largest absolute Gasteiger partial charge is 0.340 e. The van der Waals surface area contributed by atoms with Crippen LogP contribution in [0.25, 0.3) is 0 Å². The maximum atomic E-state index is 11.9. The van der Waals surface area contributed by atoms with E-state index in [1.807, 2.05) is 0 Å². The lowest BCUT2D eigenvalue weighted by Gasteiger charge is -2.16. The zero-order valence-electron chi connectivity index (χ0n) is 9.35. The Morgan fingerprint density at radius 1 is 1.62 bits per heavy atom. The van der Waals surface area contributed by atoms with Gasteiger partial charge < -0.3 is 4.90 Å². The van der Waals surface area contributed by atoms with E-state index in [2.05, 4.69) is 16.9 Å². The van der Waals surface area contributed by atoms with Gasteiger partial charge in [-0.25, -0.2) is 4.98 Å². The first-order valence-corrected chi connectivity index (χ1v) is 5.68. The number of carbonyl (C=O) groups is 1. The van der Waals surface area contributed by atoms with E-state index in [1.165, 1.54) is 18.8 Å². The quantitative estimate of drug-likeness (QED) is 0.809. The summed E-state index contributed by atoms with van der Waals surface area (Å²) >= 11 is 5.69. The molecule has 1 heterocycles. The number of aromatic nitrogens is 2. The molecule has 0 bridgehead atoms. The van der Waals surface area contributed by atoms with Gasteiger partial charge in [0.25, 0.3) is 5.91 Å². The second-order valence-corrected chi connectivity index (χ2v) is 4.77. The molecule has 0 N–H and O–H groups in total. The summed E-state index contributed by atoms with van der Waals surface area (Å²) in [6.07, 6.45) is 4.07. The van der Waals surface area contributed by atoms with E-state index in [1.54, 1.807) is 11.9 Å². The fourth-order valence-corrected chi connectivity index (χ4v) is 1.88. The lowest BCUT2D eigenvalue weighted by Crippen LogP contribution is -2.29. The van der Waals surface area contributed by atoms with E-state index in [-0.39, 0.29) is 11.1 Å². The van der Waals surface area contributed by atoms with Crippen molar-refractivity contribution in [2.24, 2.45) is 11.8 Å². The molecular weight excluding hydrogens is 226 g/mol. The Kier molecular flexibility index (Phi) is 3.10. The minimum atomic E-state index is -0.117. The van der Waals surface area contributed by atoms with E-state index in [4.69, 9.17) is 11.6 Å². The second-order valence-electron chi connectivity index (χ2n) is 4.39. The number of hydrogen-bond acceptors (Lipinski definition) is 3. The molecular formula is C11H14ClN3O. The van der Waals surface area contributed by atoms with Gasteiger partial charge in [0.1, 0.15) is 10.8 Å². The summed E-state index contributed by atoms with van der Waals surface area (Å²) in [4.78, 5) is 21.4. The van der Waals surface area contributed by atoms with Crippen molar-refractivity contribution in [1.82, 2.24) is 14.9 Å². The zero-order chi connectivity index (χ0) is 11.7. The highest BCUT2D eigenvalue weighted by Crippen LogP contribution is 2.38. The van der Waals surface area contributed by atoms with E-state index in [9.17, 15) is 4.79 Å². The molecule has 1 aliphatic rings. The number of amides is 1. The van der Waals surface area contributed by atoms with Gasteiger partial charge in [0, 0.05) is 13.6 Å². The molecule has 86 valence electrons. The van der Waals surface area contributed by atoms with Crippen molar-refractivity contribution in [3.8, 4) is 0 Å². The molecule has 0 saturated heterocycles. The van der Waals surface area contributed by atoms with Gasteiger partial charge in [0.2, 0.25) is 0 Å². The molecule has 16 heavy (non-hydrogen) atoms. The van der Waals surface area contributed by atoms with Crippen LogP contribution in [0.2, 0.25) is 5.15 Å². The highest BCUT2D eigenvalue weighted by Gasteiger charge is 2.34. The molecule has 2 unspecified atom stereocenters. The van der Waals surface area contributed by atoms with Crippen LogP contribution in [0.4, 0.5) is 0 Å². The number of rotatable bonds is 3. The average molecular weight is 240 g/mol. The van der Waals surface area contributed by atoms with E-state index >= 15 is 0 Å². The van der Waals surface area contributed by atoms with E-state index < -0.39 is 0 Å². The van der Waals surface area contributed by atoms with Crippen LogP contribution in [0.5, 0.6) is 0 Å². The van der Waals surface area contributed by atoms with Gasteiger partial charge in [-0.2, -0.15) is 0 Å².